The van der Waals surface area contributed by atoms with Crippen molar-refractivity contribution in [2.24, 2.45) is 22.9 Å². The summed E-state index contributed by atoms with van der Waals surface area (Å²) in [7, 11) is 0. The van der Waals surface area contributed by atoms with Gasteiger partial charge in [-0.05, 0) is 67.5 Å². The van der Waals surface area contributed by atoms with E-state index in [9.17, 15) is 9.59 Å². The van der Waals surface area contributed by atoms with Gasteiger partial charge in [0.15, 0.2) is 6.61 Å². The van der Waals surface area contributed by atoms with E-state index in [4.69, 9.17) is 18.7 Å². The third-order valence-corrected chi connectivity index (χ3v) is 6.20. The maximum atomic E-state index is 13.0. The number of ether oxygens (including phenoxy) is 1. The molecule has 7 nitrogen and oxygen atoms in total. The number of esters is 1. The van der Waals surface area contributed by atoms with Crippen molar-refractivity contribution < 1.29 is 23.2 Å². The molecule has 7 heteroatoms. The Morgan fingerprint density at radius 3 is 2.77 bits per heavy atom. The van der Waals surface area contributed by atoms with Gasteiger partial charge < -0.3 is 13.6 Å². The number of carbonyl (C=O) groups is 2. The third kappa shape index (κ3) is 3.49. The Balaban J connectivity index is 1.41. The molecule has 5 rings (SSSR count). The molecule has 0 aromatic carbocycles. The van der Waals surface area contributed by atoms with Crippen molar-refractivity contribution in [3.05, 3.63) is 53.9 Å². The summed E-state index contributed by atoms with van der Waals surface area (Å²) >= 11 is 0. The van der Waals surface area contributed by atoms with Gasteiger partial charge in [-0.3, -0.25) is 9.59 Å². The number of hydrogen-bond donors (Lipinski definition) is 0. The van der Waals surface area contributed by atoms with Crippen LogP contribution in [0.4, 0.5) is 0 Å². The van der Waals surface area contributed by atoms with Crippen LogP contribution in [0.1, 0.15) is 50.2 Å². The third-order valence-electron chi connectivity index (χ3n) is 6.20. The molecule has 2 aromatic heterocycles. The van der Waals surface area contributed by atoms with E-state index in [-0.39, 0.29) is 36.4 Å². The quantitative estimate of drug-likeness (QED) is 0.693. The molecule has 1 aliphatic heterocycles. The maximum Gasteiger partial charge on any atom is 0.309 e. The number of furan rings is 2. The van der Waals surface area contributed by atoms with Crippen molar-refractivity contribution in [2.45, 2.75) is 38.6 Å². The Kier molecular flexibility index (Phi) is 4.81. The highest BCUT2D eigenvalue weighted by atomic mass is 16.5. The van der Waals surface area contributed by atoms with Gasteiger partial charge >= 0.3 is 5.97 Å². The lowest BCUT2D eigenvalue weighted by molar-refractivity contribution is -0.154. The molecule has 2 aliphatic carbocycles. The maximum absolute atomic E-state index is 13.0. The second kappa shape index (κ2) is 7.63. The van der Waals surface area contributed by atoms with Gasteiger partial charge in [0.2, 0.25) is 0 Å². The number of hydrazone groups is 1. The monoisotopic (exact) mass is 408 g/mol. The molecule has 30 heavy (non-hydrogen) atoms. The number of carbonyl (C=O) groups excluding carboxylic acids is 2. The largest absolute Gasteiger partial charge is 0.467 e. The molecule has 4 unspecified atom stereocenters. The topological polar surface area (TPSA) is 85.3 Å². The molecule has 2 aromatic rings. The van der Waals surface area contributed by atoms with Gasteiger partial charge in [-0.2, -0.15) is 5.10 Å². The minimum atomic E-state index is -0.336. The van der Waals surface area contributed by atoms with Crippen LogP contribution in [-0.4, -0.2) is 29.2 Å². The standard InChI is InChI=1S/C23H24N2O5/c1-14-11-18(14)23(27)30-13-20(26)25-22(19-8-4-10-29-19)17-7-2-5-15(21(17)24-25)12-16-6-3-9-28-16/h3-4,6,8-10,12,14,17-18,22H,2,5,7,11,13H2,1H3. The van der Waals surface area contributed by atoms with Crippen molar-refractivity contribution in [3.63, 3.8) is 0 Å². The summed E-state index contributed by atoms with van der Waals surface area (Å²) in [6, 6.07) is 7.09. The first-order valence-electron chi connectivity index (χ1n) is 10.5. The Bertz CT molecular complexity index is 989. The number of hydrogen-bond acceptors (Lipinski definition) is 6. The number of fused-ring (bicyclic) bond motifs is 1. The number of rotatable bonds is 5. The molecule has 156 valence electrons. The zero-order valence-corrected chi connectivity index (χ0v) is 16.8. The van der Waals surface area contributed by atoms with Gasteiger partial charge in [0, 0.05) is 5.92 Å². The van der Waals surface area contributed by atoms with Crippen LogP contribution in [0.15, 0.2) is 56.3 Å². The summed E-state index contributed by atoms with van der Waals surface area (Å²) in [5, 5.41) is 6.15. The van der Waals surface area contributed by atoms with Crippen molar-refractivity contribution in [2.75, 3.05) is 6.61 Å². The predicted molar refractivity (Wildman–Crippen MR) is 108 cm³/mol. The van der Waals surface area contributed by atoms with Crippen LogP contribution in [0.3, 0.4) is 0 Å². The van der Waals surface area contributed by atoms with Gasteiger partial charge in [0.1, 0.15) is 17.6 Å². The second-order valence-corrected chi connectivity index (χ2v) is 8.29. The fourth-order valence-electron chi connectivity index (χ4n) is 4.45. The highest BCUT2D eigenvalue weighted by Gasteiger charge is 2.46. The summed E-state index contributed by atoms with van der Waals surface area (Å²) in [5.74, 6) is 1.12. The van der Waals surface area contributed by atoms with Crippen molar-refractivity contribution in [1.29, 1.82) is 0 Å². The Morgan fingerprint density at radius 2 is 2.07 bits per heavy atom. The minimum Gasteiger partial charge on any atom is -0.467 e. The van der Waals surface area contributed by atoms with Crippen molar-refractivity contribution in [1.82, 2.24) is 5.01 Å². The second-order valence-electron chi connectivity index (χ2n) is 8.29. The SMILES string of the molecule is CC1CC1C(=O)OCC(=O)N1N=C2C(=Cc3ccco3)CCCC2C1c1ccco1. The molecular weight excluding hydrogens is 384 g/mol. The Morgan fingerprint density at radius 1 is 1.27 bits per heavy atom. The highest BCUT2D eigenvalue weighted by molar-refractivity contribution is 6.08. The fraction of sp³-hybridized carbons (Fsp3) is 0.435. The minimum absolute atomic E-state index is 0.0363. The number of nitrogens with zero attached hydrogens (tertiary/aromatic N) is 2. The molecule has 0 saturated heterocycles. The molecule has 3 aliphatic rings. The molecule has 0 spiro atoms. The Hall–Kier alpha value is -3.09. The number of amides is 1. The van der Waals surface area contributed by atoms with Gasteiger partial charge in [-0.25, -0.2) is 5.01 Å². The lowest BCUT2D eigenvalue weighted by Crippen LogP contribution is -2.34. The lowest BCUT2D eigenvalue weighted by Gasteiger charge is -2.27. The smallest absolute Gasteiger partial charge is 0.309 e. The summed E-state index contributed by atoms with van der Waals surface area (Å²) in [6.07, 6.45) is 8.83. The molecule has 2 saturated carbocycles. The summed E-state index contributed by atoms with van der Waals surface area (Å²) in [5.41, 5.74) is 1.95. The number of allylic oxidation sites excluding steroid dienone is 1. The van der Waals surface area contributed by atoms with E-state index in [1.807, 2.05) is 37.3 Å². The molecule has 4 atom stereocenters. The average Bonchev–Trinajstić information content (AvgIpc) is 3.22. The van der Waals surface area contributed by atoms with Crippen molar-refractivity contribution >= 4 is 23.7 Å². The summed E-state index contributed by atoms with van der Waals surface area (Å²) in [6.45, 7) is 1.70. The van der Waals surface area contributed by atoms with Gasteiger partial charge in [0.05, 0.1) is 24.2 Å². The first kappa shape index (κ1) is 18.9. The van der Waals surface area contributed by atoms with Crippen molar-refractivity contribution in [3.8, 4) is 0 Å². The van der Waals surface area contributed by atoms with Crippen LogP contribution < -0.4 is 0 Å². The normalized spacial score (nSPS) is 28.9. The molecular formula is C23H24N2O5. The molecule has 0 radical (unpaired) electrons. The van der Waals surface area contributed by atoms with Crippen LogP contribution >= 0.6 is 0 Å². The first-order valence-corrected chi connectivity index (χ1v) is 10.5. The van der Waals surface area contributed by atoms with E-state index in [2.05, 4.69) is 0 Å². The van der Waals surface area contributed by atoms with E-state index in [1.165, 1.54) is 5.01 Å². The molecule has 0 N–H and O–H groups in total. The fourth-order valence-corrected chi connectivity index (χ4v) is 4.45. The van der Waals surface area contributed by atoms with Crippen LogP contribution in [0.2, 0.25) is 0 Å². The highest BCUT2D eigenvalue weighted by Crippen LogP contribution is 2.44. The molecule has 2 fully saturated rings. The van der Waals surface area contributed by atoms with Crippen LogP contribution in [0.5, 0.6) is 0 Å². The molecule has 0 bridgehead atoms. The van der Waals surface area contributed by atoms with Crippen LogP contribution in [0, 0.1) is 17.8 Å². The van der Waals surface area contributed by atoms with E-state index in [0.29, 0.717) is 11.7 Å². The van der Waals surface area contributed by atoms with Gasteiger partial charge in [-0.1, -0.05) is 6.92 Å². The van der Waals surface area contributed by atoms with Crippen LogP contribution in [0.25, 0.3) is 6.08 Å². The summed E-state index contributed by atoms with van der Waals surface area (Å²) < 4.78 is 16.4. The molecule has 3 heterocycles. The zero-order chi connectivity index (χ0) is 20.7. The van der Waals surface area contributed by atoms with E-state index in [0.717, 1.165) is 42.7 Å². The van der Waals surface area contributed by atoms with E-state index in [1.54, 1.807) is 12.5 Å². The molecule has 1 amide bonds. The average molecular weight is 408 g/mol. The van der Waals surface area contributed by atoms with Crippen LogP contribution in [-0.2, 0) is 14.3 Å². The zero-order valence-electron chi connectivity index (χ0n) is 16.8. The van der Waals surface area contributed by atoms with E-state index >= 15 is 0 Å². The lowest BCUT2D eigenvalue weighted by atomic mass is 9.79. The van der Waals surface area contributed by atoms with E-state index < -0.39 is 0 Å². The summed E-state index contributed by atoms with van der Waals surface area (Å²) in [4.78, 5) is 25.1. The van der Waals surface area contributed by atoms with Gasteiger partial charge in [0.25, 0.3) is 5.91 Å². The Labute approximate surface area is 174 Å². The first-order chi connectivity index (χ1) is 14.6. The van der Waals surface area contributed by atoms with Gasteiger partial charge in [-0.15, -0.1) is 0 Å². The predicted octanol–water partition coefficient (Wildman–Crippen LogP) is 4.19.